The number of carbonyl (C=O) groups is 1. The zero-order valence-corrected chi connectivity index (χ0v) is 11.6. The van der Waals surface area contributed by atoms with Gasteiger partial charge in [-0.05, 0) is 44.9 Å². The smallest absolute Gasteiger partial charge is 0.384 e. The molecular formula is C14H18F3NO2. The first-order valence-corrected chi connectivity index (χ1v) is 6.17. The quantitative estimate of drug-likeness (QED) is 0.895. The molecule has 3 nitrogen and oxygen atoms in total. The first kappa shape index (κ1) is 16.5. The van der Waals surface area contributed by atoms with Gasteiger partial charge in [0.15, 0.2) is 0 Å². The van der Waals surface area contributed by atoms with Gasteiger partial charge in [-0.3, -0.25) is 4.79 Å². The van der Waals surface area contributed by atoms with E-state index in [0.29, 0.717) is 12.0 Å². The summed E-state index contributed by atoms with van der Waals surface area (Å²) in [5.41, 5.74) is -0.686. The van der Waals surface area contributed by atoms with Crippen molar-refractivity contribution in [2.75, 3.05) is 0 Å². The Labute approximate surface area is 115 Å². The van der Waals surface area contributed by atoms with Crippen molar-refractivity contribution < 1.29 is 23.1 Å². The highest BCUT2D eigenvalue weighted by molar-refractivity contribution is 5.80. The standard InChI is InChI=1S/C14H18F3NO2/c1-9(19)12(20)18-13(2,3)8-10-4-6-11(7-5-10)14(15,16)17/h4-7,9,19H,8H2,1-3H3,(H,18,20)/t9-/m1/s1. The van der Waals surface area contributed by atoms with Crippen molar-refractivity contribution in [3.63, 3.8) is 0 Å². The molecule has 1 aromatic carbocycles. The van der Waals surface area contributed by atoms with Gasteiger partial charge in [0.05, 0.1) is 5.56 Å². The Balaban J connectivity index is 2.75. The molecule has 6 heteroatoms. The van der Waals surface area contributed by atoms with Crippen molar-refractivity contribution >= 4 is 5.91 Å². The Morgan fingerprint density at radius 1 is 1.25 bits per heavy atom. The molecule has 0 unspecified atom stereocenters. The molecule has 0 saturated carbocycles. The lowest BCUT2D eigenvalue weighted by atomic mass is 9.94. The maximum atomic E-state index is 12.4. The van der Waals surface area contributed by atoms with Gasteiger partial charge in [0.25, 0.3) is 0 Å². The third kappa shape index (κ3) is 4.85. The second-order valence-corrected chi connectivity index (χ2v) is 5.42. The van der Waals surface area contributed by atoms with Crippen molar-refractivity contribution in [2.24, 2.45) is 0 Å². The van der Waals surface area contributed by atoms with E-state index in [1.54, 1.807) is 13.8 Å². The summed E-state index contributed by atoms with van der Waals surface area (Å²) < 4.78 is 37.3. The average molecular weight is 289 g/mol. The maximum Gasteiger partial charge on any atom is 0.416 e. The molecule has 0 fully saturated rings. The highest BCUT2D eigenvalue weighted by atomic mass is 19.4. The molecule has 1 atom stereocenters. The van der Waals surface area contributed by atoms with Crippen LogP contribution >= 0.6 is 0 Å². The predicted molar refractivity (Wildman–Crippen MR) is 69.1 cm³/mol. The van der Waals surface area contributed by atoms with Crippen LogP contribution in [0.15, 0.2) is 24.3 Å². The zero-order chi connectivity index (χ0) is 15.6. The molecule has 0 aromatic heterocycles. The topological polar surface area (TPSA) is 49.3 Å². The Hall–Kier alpha value is -1.56. The fraction of sp³-hybridized carbons (Fsp3) is 0.500. The van der Waals surface area contributed by atoms with Gasteiger partial charge in [0.1, 0.15) is 6.10 Å². The van der Waals surface area contributed by atoms with Crippen LogP contribution < -0.4 is 5.32 Å². The molecule has 0 saturated heterocycles. The first-order valence-electron chi connectivity index (χ1n) is 6.17. The van der Waals surface area contributed by atoms with E-state index >= 15 is 0 Å². The SMILES string of the molecule is C[C@@H](O)C(=O)NC(C)(C)Cc1ccc(C(F)(F)F)cc1. The number of rotatable bonds is 4. The van der Waals surface area contributed by atoms with Gasteiger partial charge in [0.2, 0.25) is 5.91 Å². The third-order valence-electron chi connectivity index (χ3n) is 2.77. The second-order valence-electron chi connectivity index (χ2n) is 5.42. The molecule has 0 aliphatic rings. The number of carbonyl (C=O) groups excluding carboxylic acids is 1. The normalized spacial score (nSPS) is 13.9. The summed E-state index contributed by atoms with van der Waals surface area (Å²) in [5.74, 6) is -0.512. The van der Waals surface area contributed by atoms with E-state index in [0.717, 1.165) is 12.1 Å². The first-order chi connectivity index (χ1) is 9.01. The predicted octanol–water partition coefficient (Wildman–Crippen LogP) is 2.52. The van der Waals surface area contributed by atoms with Gasteiger partial charge >= 0.3 is 6.18 Å². The fourth-order valence-corrected chi connectivity index (χ4v) is 1.80. The van der Waals surface area contributed by atoms with Crippen molar-refractivity contribution in [3.8, 4) is 0 Å². The average Bonchev–Trinajstić information content (AvgIpc) is 2.26. The molecule has 1 amide bonds. The van der Waals surface area contributed by atoms with E-state index in [9.17, 15) is 18.0 Å². The molecule has 0 aliphatic carbocycles. The van der Waals surface area contributed by atoms with E-state index in [2.05, 4.69) is 5.32 Å². The lowest BCUT2D eigenvalue weighted by molar-refractivity contribution is -0.137. The van der Waals surface area contributed by atoms with Crippen LogP contribution in [0.3, 0.4) is 0 Å². The van der Waals surface area contributed by atoms with E-state index in [1.165, 1.54) is 19.1 Å². The van der Waals surface area contributed by atoms with Crippen LogP contribution in [0, 0.1) is 0 Å². The summed E-state index contributed by atoms with van der Waals surface area (Å²) in [4.78, 5) is 11.4. The molecule has 20 heavy (non-hydrogen) atoms. The summed E-state index contributed by atoms with van der Waals surface area (Å²) in [6.45, 7) is 4.83. The number of halogens is 3. The number of nitrogens with one attached hydrogen (secondary N) is 1. The number of alkyl halides is 3. The highest BCUT2D eigenvalue weighted by Crippen LogP contribution is 2.29. The summed E-state index contributed by atoms with van der Waals surface area (Å²) >= 11 is 0. The van der Waals surface area contributed by atoms with E-state index in [1.807, 2.05) is 0 Å². The molecule has 2 N–H and O–H groups in total. The summed E-state index contributed by atoms with van der Waals surface area (Å²) in [6, 6.07) is 4.81. The summed E-state index contributed by atoms with van der Waals surface area (Å²) in [7, 11) is 0. The van der Waals surface area contributed by atoms with Crippen LogP contribution in [0.1, 0.15) is 31.9 Å². The van der Waals surface area contributed by atoms with Gasteiger partial charge in [-0.1, -0.05) is 12.1 Å². The van der Waals surface area contributed by atoms with Crippen molar-refractivity contribution in [2.45, 2.75) is 45.0 Å². The monoisotopic (exact) mass is 289 g/mol. The van der Waals surface area contributed by atoms with Crippen molar-refractivity contribution in [3.05, 3.63) is 35.4 Å². The number of benzene rings is 1. The van der Waals surface area contributed by atoms with Crippen LogP contribution in [0.4, 0.5) is 13.2 Å². The molecule has 112 valence electrons. The fourth-order valence-electron chi connectivity index (χ4n) is 1.80. The lowest BCUT2D eigenvalue weighted by Crippen LogP contribution is -2.48. The number of amides is 1. The van der Waals surface area contributed by atoms with Crippen LogP contribution in [-0.2, 0) is 17.4 Å². The Morgan fingerprint density at radius 2 is 1.75 bits per heavy atom. The Kier molecular flexibility index (Phi) is 4.81. The number of hydrogen-bond donors (Lipinski definition) is 2. The third-order valence-corrected chi connectivity index (χ3v) is 2.77. The van der Waals surface area contributed by atoms with Crippen LogP contribution in [0.25, 0.3) is 0 Å². The van der Waals surface area contributed by atoms with Gasteiger partial charge in [-0.15, -0.1) is 0 Å². The minimum Gasteiger partial charge on any atom is -0.384 e. The van der Waals surface area contributed by atoms with E-state index in [-0.39, 0.29) is 0 Å². The van der Waals surface area contributed by atoms with E-state index in [4.69, 9.17) is 5.11 Å². The van der Waals surface area contributed by atoms with Gasteiger partial charge in [0, 0.05) is 5.54 Å². The zero-order valence-electron chi connectivity index (χ0n) is 11.6. The molecule has 0 radical (unpaired) electrons. The number of aliphatic hydroxyl groups is 1. The lowest BCUT2D eigenvalue weighted by Gasteiger charge is -2.27. The summed E-state index contributed by atoms with van der Waals surface area (Å²) in [6.07, 6.45) is -5.11. The van der Waals surface area contributed by atoms with Gasteiger partial charge < -0.3 is 10.4 Å². The Morgan fingerprint density at radius 3 is 2.15 bits per heavy atom. The van der Waals surface area contributed by atoms with Crippen molar-refractivity contribution in [1.29, 1.82) is 0 Å². The number of hydrogen-bond acceptors (Lipinski definition) is 2. The molecular weight excluding hydrogens is 271 g/mol. The minimum absolute atomic E-state index is 0.365. The van der Waals surface area contributed by atoms with E-state index < -0.39 is 29.3 Å². The van der Waals surface area contributed by atoms with Gasteiger partial charge in [-0.25, -0.2) is 0 Å². The van der Waals surface area contributed by atoms with Gasteiger partial charge in [-0.2, -0.15) is 13.2 Å². The van der Waals surface area contributed by atoms with Crippen LogP contribution in [-0.4, -0.2) is 22.7 Å². The molecule has 0 spiro atoms. The van der Waals surface area contributed by atoms with Crippen LogP contribution in [0.5, 0.6) is 0 Å². The molecule has 1 rings (SSSR count). The minimum atomic E-state index is -4.35. The number of aliphatic hydroxyl groups excluding tert-OH is 1. The second kappa shape index (κ2) is 5.83. The molecule has 0 bridgehead atoms. The maximum absolute atomic E-state index is 12.4. The summed E-state index contributed by atoms with van der Waals surface area (Å²) in [5, 5.41) is 11.8. The Bertz CT molecular complexity index is 464. The highest BCUT2D eigenvalue weighted by Gasteiger charge is 2.30. The van der Waals surface area contributed by atoms with Crippen molar-refractivity contribution in [1.82, 2.24) is 5.32 Å². The van der Waals surface area contributed by atoms with Crippen LogP contribution in [0.2, 0.25) is 0 Å². The molecule has 0 aliphatic heterocycles. The largest absolute Gasteiger partial charge is 0.416 e. The molecule has 0 heterocycles. The molecule has 1 aromatic rings.